The average Bonchev–Trinajstić information content (AvgIpc) is 3.65. The van der Waals surface area contributed by atoms with E-state index in [1.54, 1.807) is 30.3 Å². The van der Waals surface area contributed by atoms with Crippen LogP contribution in [0.1, 0.15) is 66.3 Å². The Bertz CT molecular complexity index is 1440. The third kappa shape index (κ3) is 6.32. The second kappa shape index (κ2) is 11.9. The number of H-pyrrole nitrogens is 1. The van der Waals surface area contributed by atoms with Gasteiger partial charge in [0.2, 0.25) is 0 Å². The van der Waals surface area contributed by atoms with Crippen molar-refractivity contribution < 1.29 is 22.8 Å². The Morgan fingerprint density at radius 3 is 2.33 bits per heavy atom. The van der Waals surface area contributed by atoms with E-state index in [1.165, 1.54) is 0 Å². The van der Waals surface area contributed by atoms with Crippen LogP contribution in [0.2, 0.25) is 0 Å². The number of imidazole rings is 1. The highest BCUT2D eigenvalue weighted by Gasteiger charge is 2.39. The third-order valence-corrected chi connectivity index (χ3v) is 7.38. The number of hydrogen-bond donors (Lipinski definition) is 2. The van der Waals surface area contributed by atoms with Crippen molar-refractivity contribution in [3.05, 3.63) is 90.1 Å². The van der Waals surface area contributed by atoms with E-state index in [2.05, 4.69) is 20.4 Å². The maximum Gasteiger partial charge on any atom is 0.435 e. The first-order chi connectivity index (χ1) is 19.3. The number of halogens is 3. The predicted octanol–water partition coefficient (Wildman–Crippen LogP) is 6.33. The molecule has 1 aliphatic rings. The van der Waals surface area contributed by atoms with Crippen molar-refractivity contribution in [3.8, 4) is 16.9 Å². The highest BCUT2D eigenvalue weighted by Crippen LogP contribution is 2.36. The van der Waals surface area contributed by atoms with Crippen molar-refractivity contribution in [3.63, 3.8) is 0 Å². The zero-order valence-corrected chi connectivity index (χ0v) is 21.8. The van der Waals surface area contributed by atoms with Gasteiger partial charge in [-0.25, -0.2) is 9.67 Å². The van der Waals surface area contributed by atoms with Crippen LogP contribution >= 0.6 is 0 Å². The molecule has 2 aromatic carbocycles. The molecule has 10 heteroatoms. The van der Waals surface area contributed by atoms with Crippen LogP contribution in [0, 0.1) is 5.92 Å². The monoisotopic (exact) mass is 549 g/mol. The molecule has 5 rings (SSSR count). The number of rotatable bonds is 9. The first-order valence-corrected chi connectivity index (χ1v) is 13.4. The largest absolute Gasteiger partial charge is 0.435 e. The lowest BCUT2D eigenvalue weighted by Crippen LogP contribution is -2.28. The number of para-hydroxylation sites is 1. The van der Waals surface area contributed by atoms with Gasteiger partial charge in [0.15, 0.2) is 5.69 Å². The minimum atomic E-state index is -4.78. The van der Waals surface area contributed by atoms with Crippen molar-refractivity contribution in [2.45, 2.75) is 50.6 Å². The number of Topliss-reactive ketones (excluding diaryl/α,β-unsaturated/α-hetero) is 1. The molecule has 1 aliphatic carbocycles. The predicted molar refractivity (Wildman–Crippen MR) is 144 cm³/mol. The standard InChI is InChI=1S/C30H30F3N5O2/c31-30(32,33)27-24(19-38(37-27)23-10-5-2-6-11-23)29(40)34-17-7-12-26(39)21-13-15-22(16-14-21)28-35-18-25(36-28)20-8-3-1-4-9-20/h1-6,8-11,18-19,21-22H,7,12-17H2,(H,34,40)(H,35,36). The summed E-state index contributed by atoms with van der Waals surface area (Å²) < 4.78 is 41.7. The van der Waals surface area contributed by atoms with Gasteiger partial charge < -0.3 is 10.3 Å². The van der Waals surface area contributed by atoms with Crippen LogP contribution in [0.4, 0.5) is 13.2 Å². The summed E-state index contributed by atoms with van der Waals surface area (Å²) in [7, 11) is 0. The Labute approximate surface area is 229 Å². The van der Waals surface area contributed by atoms with E-state index in [1.807, 2.05) is 36.5 Å². The smallest absolute Gasteiger partial charge is 0.352 e. The van der Waals surface area contributed by atoms with Crippen LogP contribution in [0.3, 0.4) is 0 Å². The van der Waals surface area contributed by atoms with Crippen molar-refractivity contribution in [1.29, 1.82) is 0 Å². The molecular formula is C30H30F3N5O2. The number of carbonyl (C=O) groups excluding carboxylic acids is 2. The summed E-state index contributed by atoms with van der Waals surface area (Å²) in [6.45, 7) is 0.0996. The van der Waals surface area contributed by atoms with Gasteiger partial charge in [0.1, 0.15) is 11.6 Å². The van der Waals surface area contributed by atoms with Crippen molar-refractivity contribution in [2.75, 3.05) is 6.54 Å². The van der Waals surface area contributed by atoms with E-state index in [-0.39, 0.29) is 30.6 Å². The quantitative estimate of drug-likeness (QED) is 0.239. The maximum absolute atomic E-state index is 13.5. The SMILES string of the molecule is O=C(NCCCC(=O)C1CCC(c2ncc(-c3ccccc3)[nH]2)CC1)c1cn(-c2ccccc2)nc1C(F)(F)F. The van der Waals surface area contributed by atoms with Crippen LogP contribution in [-0.4, -0.2) is 38.0 Å². The average molecular weight is 550 g/mol. The molecule has 2 heterocycles. The van der Waals surface area contributed by atoms with Crippen molar-refractivity contribution >= 4 is 11.7 Å². The molecule has 0 atom stereocenters. The minimum Gasteiger partial charge on any atom is -0.352 e. The molecule has 7 nitrogen and oxygen atoms in total. The summed E-state index contributed by atoms with van der Waals surface area (Å²) in [5.41, 5.74) is 0.682. The second-order valence-corrected chi connectivity index (χ2v) is 10.1. The van der Waals surface area contributed by atoms with Crippen LogP contribution in [-0.2, 0) is 11.0 Å². The third-order valence-electron chi connectivity index (χ3n) is 7.38. The lowest BCUT2D eigenvalue weighted by molar-refractivity contribution is -0.141. The number of nitrogens with one attached hydrogen (secondary N) is 2. The van der Waals surface area contributed by atoms with Crippen molar-refractivity contribution in [2.24, 2.45) is 5.92 Å². The summed E-state index contributed by atoms with van der Waals surface area (Å²) in [6, 6.07) is 18.3. The molecule has 0 saturated heterocycles. The fourth-order valence-electron chi connectivity index (χ4n) is 5.22. The Morgan fingerprint density at radius 1 is 0.975 bits per heavy atom. The van der Waals surface area contributed by atoms with E-state index in [0.29, 0.717) is 12.1 Å². The lowest BCUT2D eigenvalue weighted by Gasteiger charge is -2.26. The number of amides is 1. The van der Waals surface area contributed by atoms with Gasteiger partial charge in [0.05, 0.1) is 23.1 Å². The molecule has 40 heavy (non-hydrogen) atoms. The van der Waals surface area contributed by atoms with E-state index in [9.17, 15) is 22.8 Å². The first kappa shape index (κ1) is 27.4. The van der Waals surface area contributed by atoms with E-state index >= 15 is 0 Å². The molecule has 0 bridgehead atoms. The molecule has 1 fully saturated rings. The highest BCUT2D eigenvalue weighted by atomic mass is 19.4. The molecule has 1 saturated carbocycles. The Kier molecular flexibility index (Phi) is 8.14. The number of alkyl halides is 3. The number of aromatic nitrogens is 4. The van der Waals surface area contributed by atoms with Crippen LogP contribution < -0.4 is 5.32 Å². The summed E-state index contributed by atoms with van der Waals surface area (Å²) in [6.07, 6.45) is 2.04. The van der Waals surface area contributed by atoms with Gasteiger partial charge in [0.25, 0.3) is 5.91 Å². The summed E-state index contributed by atoms with van der Waals surface area (Å²) in [4.78, 5) is 33.4. The number of nitrogens with zero attached hydrogens (tertiary/aromatic N) is 3. The van der Waals surface area contributed by atoms with Gasteiger partial charge in [-0.3, -0.25) is 9.59 Å². The Morgan fingerprint density at radius 2 is 1.65 bits per heavy atom. The summed E-state index contributed by atoms with van der Waals surface area (Å²) in [5.74, 6) is 0.443. The topological polar surface area (TPSA) is 92.7 Å². The van der Waals surface area contributed by atoms with Gasteiger partial charge in [-0.1, -0.05) is 48.5 Å². The van der Waals surface area contributed by atoms with Gasteiger partial charge in [-0.2, -0.15) is 18.3 Å². The van der Waals surface area contributed by atoms with Crippen LogP contribution in [0.5, 0.6) is 0 Å². The van der Waals surface area contributed by atoms with E-state index < -0.39 is 23.3 Å². The van der Waals surface area contributed by atoms with Gasteiger partial charge >= 0.3 is 6.18 Å². The molecule has 1 amide bonds. The molecule has 2 aromatic heterocycles. The molecule has 0 unspecified atom stereocenters. The minimum absolute atomic E-state index is 0.0450. The Balaban J connectivity index is 1.09. The molecule has 2 N–H and O–H groups in total. The second-order valence-electron chi connectivity index (χ2n) is 10.1. The summed E-state index contributed by atoms with van der Waals surface area (Å²) >= 11 is 0. The number of carbonyl (C=O) groups is 2. The lowest BCUT2D eigenvalue weighted by atomic mass is 9.79. The van der Waals surface area contributed by atoms with Gasteiger partial charge in [-0.05, 0) is 49.8 Å². The zero-order valence-electron chi connectivity index (χ0n) is 21.8. The molecule has 0 radical (unpaired) electrons. The maximum atomic E-state index is 13.5. The number of benzene rings is 2. The van der Waals surface area contributed by atoms with Crippen molar-refractivity contribution in [1.82, 2.24) is 25.1 Å². The molecule has 0 aliphatic heterocycles. The molecule has 0 spiro atoms. The number of ketones is 1. The normalized spacial score (nSPS) is 17.5. The fraction of sp³-hybridized carbons (Fsp3) is 0.333. The zero-order chi connectivity index (χ0) is 28.1. The Hall–Kier alpha value is -4.21. The fourth-order valence-corrected chi connectivity index (χ4v) is 5.22. The van der Waals surface area contributed by atoms with Crippen LogP contribution in [0.25, 0.3) is 16.9 Å². The van der Waals surface area contributed by atoms with Gasteiger partial charge in [0, 0.05) is 31.0 Å². The number of hydrogen-bond acceptors (Lipinski definition) is 4. The highest BCUT2D eigenvalue weighted by molar-refractivity contribution is 5.95. The van der Waals surface area contributed by atoms with Gasteiger partial charge in [-0.15, -0.1) is 0 Å². The number of aromatic amines is 1. The van der Waals surface area contributed by atoms with Crippen LogP contribution in [0.15, 0.2) is 73.1 Å². The first-order valence-electron chi connectivity index (χ1n) is 13.4. The molecule has 4 aromatic rings. The molecular weight excluding hydrogens is 519 g/mol. The molecule has 208 valence electrons. The van der Waals surface area contributed by atoms with E-state index in [0.717, 1.165) is 53.6 Å². The summed E-state index contributed by atoms with van der Waals surface area (Å²) in [5, 5.41) is 6.13. The van der Waals surface area contributed by atoms with E-state index in [4.69, 9.17) is 0 Å².